The minimum absolute atomic E-state index is 0.0703. The van der Waals surface area contributed by atoms with Gasteiger partial charge in [0.15, 0.2) is 0 Å². The highest BCUT2D eigenvalue weighted by Crippen LogP contribution is 2.17. The van der Waals surface area contributed by atoms with Crippen molar-refractivity contribution < 1.29 is 9.21 Å². The van der Waals surface area contributed by atoms with Crippen molar-refractivity contribution in [3.05, 3.63) is 24.2 Å². The lowest BCUT2D eigenvalue weighted by molar-refractivity contribution is -0.120. The van der Waals surface area contributed by atoms with Crippen molar-refractivity contribution in [2.45, 2.75) is 51.1 Å². The molecule has 1 heterocycles. The maximum absolute atomic E-state index is 11.7. The fourth-order valence-electron chi connectivity index (χ4n) is 2.47. The quantitative estimate of drug-likeness (QED) is 0.810. The Balaban J connectivity index is 1.63. The molecule has 2 rings (SSSR count). The van der Waals surface area contributed by atoms with Gasteiger partial charge in [-0.3, -0.25) is 4.79 Å². The standard InChI is InChI=1S/C14H22N2O2/c1-11(9-13-7-4-8-18-13)16-14(17)10-15-12-5-2-3-6-12/h4,7-8,11-12,15H,2-3,5-6,9-10H2,1H3,(H,16,17). The van der Waals surface area contributed by atoms with Crippen LogP contribution in [-0.2, 0) is 11.2 Å². The van der Waals surface area contributed by atoms with Crippen LogP contribution in [0.1, 0.15) is 38.4 Å². The second-order valence-corrected chi connectivity index (χ2v) is 5.11. The molecule has 0 spiro atoms. The van der Waals surface area contributed by atoms with Gasteiger partial charge in [0.05, 0.1) is 12.8 Å². The summed E-state index contributed by atoms with van der Waals surface area (Å²) in [4.78, 5) is 11.7. The first-order valence-electron chi connectivity index (χ1n) is 6.79. The van der Waals surface area contributed by atoms with Crippen LogP contribution in [0.25, 0.3) is 0 Å². The predicted octanol–water partition coefficient (Wildman–Crippen LogP) is 1.86. The van der Waals surface area contributed by atoms with Crippen molar-refractivity contribution >= 4 is 5.91 Å². The zero-order valence-corrected chi connectivity index (χ0v) is 10.9. The molecule has 1 amide bonds. The Morgan fingerprint density at radius 1 is 1.50 bits per heavy atom. The highest BCUT2D eigenvalue weighted by molar-refractivity contribution is 5.78. The van der Waals surface area contributed by atoms with E-state index in [1.165, 1.54) is 25.7 Å². The molecular formula is C14H22N2O2. The minimum Gasteiger partial charge on any atom is -0.469 e. The summed E-state index contributed by atoms with van der Waals surface area (Å²) in [7, 11) is 0. The zero-order chi connectivity index (χ0) is 12.8. The van der Waals surface area contributed by atoms with Crippen molar-refractivity contribution in [3.8, 4) is 0 Å². The summed E-state index contributed by atoms with van der Waals surface area (Å²) in [6.45, 7) is 2.42. The van der Waals surface area contributed by atoms with Crippen LogP contribution in [0.2, 0.25) is 0 Å². The van der Waals surface area contributed by atoms with E-state index in [0.717, 1.165) is 12.2 Å². The van der Waals surface area contributed by atoms with Gasteiger partial charge in [0, 0.05) is 18.5 Å². The highest BCUT2D eigenvalue weighted by atomic mass is 16.3. The second-order valence-electron chi connectivity index (χ2n) is 5.11. The third-order valence-electron chi connectivity index (χ3n) is 3.40. The summed E-state index contributed by atoms with van der Waals surface area (Å²) < 4.78 is 5.26. The van der Waals surface area contributed by atoms with Gasteiger partial charge in [0.25, 0.3) is 0 Å². The van der Waals surface area contributed by atoms with Gasteiger partial charge in [-0.25, -0.2) is 0 Å². The van der Waals surface area contributed by atoms with Crippen molar-refractivity contribution in [1.29, 1.82) is 0 Å². The van der Waals surface area contributed by atoms with Crippen LogP contribution in [0.3, 0.4) is 0 Å². The summed E-state index contributed by atoms with van der Waals surface area (Å²) in [5, 5.41) is 6.29. The average molecular weight is 250 g/mol. The van der Waals surface area contributed by atoms with Gasteiger partial charge < -0.3 is 15.1 Å². The molecule has 1 aliphatic carbocycles. The molecule has 1 fully saturated rings. The molecule has 2 N–H and O–H groups in total. The van der Waals surface area contributed by atoms with E-state index >= 15 is 0 Å². The van der Waals surface area contributed by atoms with Crippen LogP contribution in [0.15, 0.2) is 22.8 Å². The van der Waals surface area contributed by atoms with E-state index in [9.17, 15) is 4.79 Å². The molecule has 4 nitrogen and oxygen atoms in total. The number of hydrogen-bond acceptors (Lipinski definition) is 3. The topological polar surface area (TPSA) is 54.3 Å². The smallest absolute Gasteiger partial charge is 0.234 e. The lowest BCUT2D eigenvalue weighted by Gasteiger charge is -2.15. The van der Waals surface area contributed by atoms with Crippen molar-refractivity contribution in [1.82, 2.24) is 10.6 Å². The molecule has 1 saturated carbocycles. The van der Waals surface area contributed by atoms with E-state index in [4.69, 9.17) is 4.42 Å². The molecule has 0 aliphatic heterocycles. The summed E-state index contributed by atoms with van der Waals surface area (Å²) in [5.74, 6) is 0.979. The van der Waals surface area contributed by atoms with Crippen molar-refractivity contribution in [2.24, 2.45) is 0 Å². The van der Waals surface area contributed by atoms with Crippen molar-refractivity contribution in [2.75, 3.05) is 6.54 Å². The molecule has 0 aromatic carbocycles. The van der Waals surface area contributed by atoms with Gasteiger partial charge in [-0.05, 0) is 31.9 Å². The second kappa shape index (κ2) is 6.59. The van der Waals surface area contributed by atoms with Crippen LogP contribution in [0, 0.1) is 0 Å². The molecule has 1 aromatic rings. The van der Waals surface area contributed by atoms with Gasteiger partial charge in [-0.2, -0.15) is 0 Å². The first-order valence-corrected chi connectivity index (χ1v) is 6.79. The SMILES string of the molecule is CC(Cc1ccco1)NC(=O)CNC1CCCC1. The molecule has 0 radical (unpaired) electrons. The number of amides is 1. The molecule has 0 bridgehead atoms. The van der Waals surface area contributed by atoms with Crippen molar-refractivity contribution in [3.63, 3.8) is 0 Å². The number of carbonyl (C=O) groups is 1. The first-order chi connectivity index (χ1) is 8.74. The summed E-state index contributed by atoms with van der Waals surface area (Å²) >= 11 is 0. The Bertz CT molecular complexity index is 356. The zero-order valence-electron chi connectivity index (χ0n) is 10.9. The summed E-state index contributed by atoms with van der Waals surface area (Å²) in [6.07, 6.45) is 7.38. The van der Waals surface area contributed by atoms with Gasteiger partial charge in [-0.15, -0.1) is 0 Å². The highest BCUT2D eigenvalue weighted by Gasteiger charge is 2.16. The number of rotatable bonds is 6. The molecule has 0 saturated heterocycles. The van der Waals surface area contributed by atoms with Crippen LogP contribution < -0.4 is 10.6 Å². The normalized spacial score (nSPS) is 17.8. The minimum atomic E-state index is 0.0703. The lowest BCUT2D eigenvalue weighted by Crippen LogP contribution is -2.42. The predicted molar refractivity (Wildman–Crippen MR) is 70.3 cm³/mol. The molecule has 1 atom stereocenters. The third kappa shape index (κ3) is 4.18. The fourth-order valence-corrected chi connectivity index (χ4v) is 2.47. The number of nitrogens with one attached hydrogen (secondary N) is 2. The van der Waals surface area contributed by atoms with Crippen LogP contribution in [0.4, 0.5) is 0 Å². The Morgan fingerprint density at radius 3 is 2.94 bits per heavy atom. The van der Waals surface area contributed by atoms with E-state index in [1.807, 2.05) is 19.1 Å². The van der Waals surface area contributed by atoms with E-state index in [2.05, 4.69) is 10.6 Å². The van der Waals surface area contributed by atoms with E-state index in [0.29, 0.717) is 12.6 Å². The van der Waals surface area contributed by atoms with E-state index < -0.39 is 0 Å². The molecule has 1 aliphatic rings. The van der Waals surface area contributed by atoms with Crippen LogP contribution in [-0.4, -0.2) is 24.5 Å². The molecule has 18 heavy (non-hydrogen) atoms. The van der Waals surface area contributed by atoms with E-state index in [1.54, 1.807) is 6.26 Å². The molecule has 1 aromatic heterocycles. The molecule has 100 valence electrons. The average Bonchev–Trinajstić information content (AvgIpc) is 2.98. The van der Waals surface area contributed by atoms with Gasteiger partial charge in [0.1, 0.15) is 5.76 Å². The Kier molecular flexibility index (Phi) is 4.81. The van der Waals surface area contributed by atoms with Crippen LogP contribution in [0.5, 0.6) is 0 Å². The third-order valence-corrected chi connectivity index (χ3v) is 3.40. The number of hydrogen-bond donors (Lipinski definition) is 2. The Morgan fingerprint density at radius 2 is 2.28 bits per heavy atom. The van der Waals surface area contributed by atoms with Crippen LogP contribution >= 0.6 is 0 Å². The molecule has 1 unspecified atom stereocenters. The largest absolute Gasteiger partial charge is 0.469 e. The molecular weight excluding hydrogens is 228 g/mol. The van der Waals surface area contributed by atoms with Gasteiger partial charge >= 0.3 is 0 Å². The number of furan rings is 1. The summed E-state index contributed by atoms with van der Waals surface area (Å²) in [5.41, 5.74) is 0. The summed E-state index contributed by atoms with van der Waals surface area (Å²) in [6, 6.07) is 4.44. The number of carbonyl (C=O) groups excluding carboxylic acids is 1. The van der Waals surface area contributed by atoms with Gasteiger partial charge in [-0.1, -0.05) is 12.8 Å². The lowest BCUT2D eigenvalue weighted by atomic mass is 10.2. The maximum atomic E-state index is 11.7. The first kappa shape index (κ1) is 13.1. The Labute approximate surface area is 108 Å². The maximum Gasteiger partial charge on any atom is 0.234 e. The van der Waals surface area contributed by atoms with Gasteiger partial charge in [0.2, 0.25) is 5.91 Å². The van der Waals surface area contributed by atoms with E-state index in [-0.39, 0.29) is 11.9 Å². The molecule has 4 heteroatoms. The monoisotopic (exact) mass is 250 g/mol. The fraction of sp³-hybridized carbons (Fsp3) is 0.643. The Hall–Kier alpha value is -1.29.